The van der Waals surface area contributed by atoms with Crippen LogP contribution in [0.25, 0.3) is 43.6 Å². The summed E-state index contributed by atoms with van der Waals surface area (Å²) in [6, 6.07) is 24.3. The highest BCUT2D eigenvalue weighted by molar-refractivity contribution is 6.31. The number of benzene rings is 2. The van der Waals surface area contributed by atoms with Gasteiger partial charge in [-0.3, -0.25) is 24.1 Å². The number of carbonyl (C=O) groups is 2. The SMILES string of the molecule is Cc1cc(N)nc(C)c1CNC(=O)c1nn(Cc2ccc3ncc(Cl)cc3c2)c2ccnc(C#N)c12.N#Cc1nccc2c1c(C(=O)O)nn2Cc1ccc2ncc(Cl)cc2c1. The number of carboxylic acids is 1. The summed E-state index contributed by atoms with van der Waals surface area (Å²) in [6.07, 6.45) is 6.20. The van der Waals surface area contributed by atoms with E-state index in [1.165, 1.54) is 12.4 Å². The average Bonchev–Trinajstić information content (AvgIpc) is 3.82. The standard InChI is InChI=1S/C26H21ClN8O.C18H10ClN5O2/c1-14-7-23(29)33-15(2)19(14)12-32-26(36)25-24-21(10-28)30-6-5-22(24)35(34-25)13-16-3-4-20-17(8-16)9-18(27)11-31-20;19-12-6-11-5-10(1-2-13(11)22-8-12)9-24-15-3-4-21-14(7-20)16(15)17(23-24)18(25)26/h3-9,11H,12-13H2,1-2H3,(H2,29,33)(H,32,36);1-6,8H,9H2,(H,25,26). The Balaban J connectivity index is 0.000000180. The van der Waals surface area contributed by atoms with Crippen LogP contribution in [-0.2, 0) is 19.6 Å². The molecule has 0 fully saturated rings. The molecule has 0 aliphatic rings. The number of nitriles is 2. The van der Waals surface area contributed by atoms with Gasteiger partial charge in [-0.05, 0) is 90.7 Å². The number of nitrogen functional groups attached to an aromatic ring is 1. The smallest absolute Gasteiger partial charge is 0.357 e. The highest BCUT2D eigenvalue weighted by Crippen LogP contribution is 2.26. The van der Waals surface area contributed by atoms with Gasteiger partial charge in [-0.1, -0.05) is 35.3 Å². The van der Waals surface area contributed by atoms with Gasteiger partial charge in [0.05, 0.1) is 56.0 Å². The number of nitrogens with two attached hydrogens (primary N) is 1. The van der Waals surface area contributed by atoms with Crippen LogP contribution in [0.2, 0.25) is 10.0 Å². The molecule has 0 saturated heterocycles. The lowest BCUT2D eigenvalue weighted by atomic mass is 10.1. The second-order valence-corrected chi connectivity index (χ2v) is 15.0. The number of anilines is 1. The average molecular weight is 861 g/mol. The Labute approximate surface area is 361 Å². The van der Waals surface area contributed by atoms with Crippen LogP contribution in [0.1, 0.15) is 60.3 Å². The summed E-state index contributed by atoms with van der Waals surface area (Å²) in [4.78, 5) is 45.8. The topological polar surface area (TPSA) is 240 Å². The molecular weight excluding hydrogens is 829 g/mol. The van der Waals surface area contributed by atoms with E-state index in [4.69, 9.17) is 28.9 Å². The molecule has 4 N–H and O–H groups in total. The Hall–Kier alpha value is -8.05. The van der Waals surface area contributed by atoms with E-state index >= 15 is 0 Å². The highest BCUT2D eigenvalue weighted by Gasteiger charge is 2.23. The molecule has 0 aliphatic heterocycles. The van der Waals surface area contributed by atoms with Crippen LogP contribution in [0, 0.1) is 36.5 Å². The van der Waals surface area contributed by atoms with E-state index in [1.807, 2.05) is 68.4 Å². The molecule has 62 heavy (non-hydrogen) atoms. The number of aromatic nitrogens is 9. The molecule has 0 unspecified atom stereocenters. The number of carbonyl (C=O) groups excluding carboxylic acids is 1. The molecular formula is C44H31Cl2N13O3. The molecule has 2 aromatic carbocycles. The van der Waals surface area contributed by atoms with Crippen molar-refractivity contribution in [2.24, 2.45) is 0 Å². The van der Waals surface area contributed by atoms with Gasteiger partial charge in [-0.2, -0.15) is 20.7 Å². The minimum absolute atomic E-state index is 0.0423. The number of halogens is 2. The van der Waals surface area contributed by atoms with E-state index in [-0.39, 0.29) is 34.7 Å². The summed E-state index contributed by atoms with van der Waals surface area (Å²) < 4.78 is 3.26. The number of rotatable bonds is 8. The second kappa shape index (κ2) is 16.9. The van der Waals surface area contributed by atoms with Crippen LogP contribution in [0.5, 0.6) is 0 Å². The number of aryl methyl sites for hydroxylation is 2. The Bertz CT molecular complexity index is 3350. The fourth-order valence-corrected chi connectivity index (χ4v) is 7.56. The van der Waals surface area contributed by atoms with Crippen molar-refractivity contribution in [2.45, 2.75) is 33.5 Å². The number of hydrogen-bond acceptors (Lipinski definition) is 12. The number of pyridine rings is 5. The van der Waals surface area contributed by atoms with Crippen molar-refractivity contribution < 1.29 is 14.7 Å². The van der Waals surface area contributed by atoms with Crippen LogP contribution in [-0.4, -0.2) is 61.5 Å². The maximum Gasteiger partial charge on any atom is 0.357 e. The van der Waals surface area contributed by atoms with E-state index in [0.29, 0.717) is 45.4 Å². The Kier molecular flexibility index (Phi) is 11.1. The van der Waals surface area contributed by atoms with E-state index in [9.17, 15) is 25.2 Å². The maximum atomic E-state index is 13.3. The molecule has 0 bridgehead atoms. The third kappa shape index (κ3) is 8.11. The summed E-state index contributed by atoms with van der Waals surface area (Å²) in [5.74, 6) is -1.18. The molecule has 18 heteroatoms. The summed E-state index contributed by atoms with van der Waals surface area (Å²) in [5, 5.41) is 43.5. The van der Waals surface area contributed by atoms with Gasteiger partial charge < -0.3 is 16.2 Å². The number of nitrogens with one attached hydrogen (secondary N) is 1. The van der Waals surface area contributed by atoms with Crippen molar-refractivity contribution in [3.63, 3.8) is 0 Å². The fraction of sp³-hybridized carbons (Fsp3) is 0.114. The van der Waals surface area contributed by atoms with Crippen LogP contribution in [0.15, 0.2) is 91.5 Å². The molecule has 304 valence electrons. The lowest BCUT2D eigenvalue weighted by Gasteiger charge is -2.11. The van der Waals surface area contributed by atoms with Crippen LogP contribution >= 0.6 is 23.2 Å². The van der Waals surface area contributed by atoms with Crippen molar-refractivity contribution >= 4 is 84.5 Å². The zero-order valence-corrected chi connectivity index (χ0v) is 34.3. The van der Waals surface area contributed by atoms with E-state index in [0.717, 1.165) is 49.8 Å². The number of nitrogens with zero attached hydrogens (tertiary/aromatic N) is 11. The zero-order chi connectivity index (χ0) is 43.7. The van der Waals surface area contributed by atoms with Crippen molar-refractivity contribution in [3.8, 4) is 12.1 Å². The highest BCUT2D eigenvalue weighted by atomic mass is 35.5. The van der Waals surface area contributed by atoms with E-state index in [2.05, 4.69) is 46.5 Å². The van der Waals surface area contributed by atoms with E-state index in [1.54, 1.807) is 40.0 Å². The first-order chi connectivity index (χ1) is 29.9. The van der Waals surface area contributed by atoms with Crippen molar-refractivity contribution in [1.82, 2.24) is 49.8 Å². The molecule has 9 rings (SSSR count). The van der Waals surface area contributed by atoms with Crippen molar-refractivity contribution in [1.29, 1.82) is 10.5 Å². The first-order valence-electron chi connectivity index (χ1n) is 18.7. The van der Waals surface area contributed by atoms with Crippen LogP contribution in [0.3, 0.4) is 0 Å². The monoisotopic (exact) mass is 859 g/mol. The molecule has 0 aliphatic carbocycles. The molecule has 7 heterocycles. The molecule has 0 saturated carbocycles. The molecule has 1 amide bonds. The molecule has 7 aromatic heterocycles. The quantitative estimate of drug-likeness (QED) is 0.136. The lowest BCUT2D eigenvalue weighted by Crippen LogP contribution is -2.25. The van der Waals surface area contributed by atoms with Crippen LogP contribution < -0.4 is 11.1 Å². The molecule has 16 nitrogen and oxygen atoms in total. The van der Waals surface area contributed by atoms with E-state index < -0.39 is 11.9 Å². The predicted octanol–water partition coefficient (Wildman–Crippen LogP) is 7.33. The molecule has 9 aromatic rings. The number of amides is 1. The Morgan fingerprint density at radius 2 is 1.26 bits per heavy atom. The lowest BCUT2D eigenvalue weighted by molar-refractivity contribution is 0.0691. The third-order valence-corrected chi connectivity index (χ3v) is 10.5. The fourth-order valence-electron chi connectivity index (χ4n) is 7.23. The number of hydrogen-bond donors (Lipinski definition) is 3. The maximum absolute atomic E-state index is 13.3. The second-order valence-electron chi connectivity index (χ2n) is 14.1. The zero-order valence-electron chi connectivity index (χ0n) is 32.8. The number of carboxylic acid groups (broad SMARTS) is 1. The van der Waals surface area contributed by atoms with Gasteiger partial charge in [0.2, 0.25) is 0 Å². The van der Waals surface area contributed by atoms with Gasteiger partial charge in [0.15, 0.2) is 22.8 Å². The summed E-state index contributed by atoms with van der Waals surface area (Å²) in [5.41, 5.74) is 13.2. The van der Waals surface area contributed by atoms with Crippen molar-refractivity contribution in [3.05, 3.63) is 152 Å². The van der Waals surface area contributed by atoms with Crippen molar-refractivity contribution in [2.75, 3.05) is 5.73 Å². The summed E-state index contributed by atoms with van der Waals surface area (Å²) >= 11 is 12.1. The molecule has 0 atom stereocenters. The summed E-state index contributed by atoms with van der Waals surface area (Å²) in [7, 11) is 0. The van der Waals surface area contributed by atoms with Crippen LogP contribution in [0.4, 0.5) is 5.82 Å². The van der Waals surface area contributed by atoms with Gasteiger partial charge in [-0.25, -0.2) is 19.7 Å². The summed E-state index contributed by atoms with van der Waals surface area (Å²) in [6.45, 7) is 4.72. The minimum Gasteiger partial charge on any atom is -0.476 e. The number of aromatic carboxylic acids is 1. The Morgan fingerprint density at radius 3 is 1.76 bits per heavy atom. The van der Waals surface area contributed by atoms with Gasteiger partial charge in [-0.15, -0.1) is 0 Å². The minimum atomic E-state index is -1.20. The predicted molar refractivity (Wildman–Crippen MR) is 232 cm³/mol. The first-order valence-corrected chi connectivity index (χ1v) is 19.5. The number of fused-ring (bicyclic) bond motifs is 4. The Morgan fingerprint density at radius 1 is 0.742 bits per heavy atom. The third-order valence-electron chi connectivity index (χ3n) is 10.0. The first kappa shape index (κ1) is 40.7. The molecule has 0 spiro atoms. The largest absolute Gasteiger partial charge is 0.476 e. The van der Waals surface area contributed by atoms with Gasteiger partial charge in [0.1, 0.15) is 18.0 Å². The normalized spacial score (nSPS) is 11.0. The van der Waals surface area contributed by atoms with Gasteiger partial charge >= 0.3 is 5.97 Å². The van der Waals surface area contributed by atoms with Gasteiger partial charge in [0, 0.05) is 47.8 Å². The van der Waals surface area contributed by atoms with Gasteiger partial charge in [0.25, 0.3) is 5.91 Å². The molecule has 0 radical (unpaired) electrons.